The van der Waals surface area contributed by atoms with Gasteiger partial charge in [0, 0.05) is 51.0 Å². The smallest absolute Gasteiger partial charge is 0.242 e. The van der Waals surface area contributed by atoms with Crippen molar-refractivity contribution in [1.29, 1.82) is 0 Å². The lowest BCUT2D eigenvalue weighted by Crippen LogP contribution is -2.55. The molecule has 0 radical (unpaired) electrons. The van der Waals surface area contributed by atoms with Gasteiger partial charge in [-0.2, -0.15) is 5.10 Å². The van der Waals surface area contributed by atoms with Crippen molar-refractivity contribution < 1.29 is 4.79 Å². The largest absolute Gasteiger partial charge is 0.356 e. The van der Waals surface area contributed by atoms with Crippen molar-refractivity contribution in [3.05, 3.63) is 51.8 Å². The topological polar surface area (TPSA) is 65.8 Å². The first-order valence-electron chi connectivity index (χ1n) is 9.86. The number of rotatable bonds is 5. The van der Waals surface area contributed by atoms with Crippen molar-refractivity contribution in [2.45, 2.75) is 26.8 Å². The molecule has 1 N–H and O–H groups in total. The molecular weight excluding hydrogens is 388 g/mol. The van der Waals surface area contributed by atoms with Crippen molar-refractivity contribution in [2.24, 2.45) is 12.0 Å². The fraction of sp³-hybridized carbons (Fsp3) is 0.476. The van der Waals surface area contributed by atoms with Crippen molar-refractivity contribution in [3.63, 3.8) is 0 Å². The molecule has 2 aromatic rings. The van der Waals surface area contributed by atoms with Crippen LogP contribution in [0.5, 0.6) is 0 Å². The molecule has 0 saturated carbocycles. The lowest BCUT2D eigenvalue weighted by molar-refractivity contribution is -0.135. The highest BCUT2D eigenvalue weighted by Crippen LogP contribution is 2.14. The average molecular weight is 417 g/mol. The Morgan fingerprint density at radius 2 is 1.97 bits per heavy atom. The second kappa shape index (κ2) is 9.31. The minimum atomic E-state index is 0.105. The number of carbonyl (C=O) groups is 1. The van der Waals surface area contributed by atoms with Crippen molar-refractivity contribution in [3.8, 4) is 0 Å². The summed E-state index contributed by atoms with van der Waals surface area (Å²) in [5.41, 5.74) is 4.60. The zero-order valence-electron chi connectivity index (χ0n) is 17.6. The third kappa shape index (κ3) is 5.09. The summed E-state index contributed by atoms with van der Waals surface area (Å²) in [5, 5.41) is 8.57. The fourth-order valence-corrected chi connectivity index (χ4v) is 3.80. The molecule has 0 spiro atoms. The van der Waals surface area contributed by atoms with Gasteiger partial charge in [-0.3, -0.25) is 14.5 Å². The predicted octanol–water partition coefficient (Wildman–Crippen LogP) is 2.15. The summed E-state index contributed by atoms with van der Waals surface area (Å²) >= 11 is 5.94. The Kier molecular flexibility index (Phi) is 6.79. The van der Waals surface area contributed by atoms with Gasteiger partial charge in [-0.1, -0.05) is 23.7 Å². The van der Waals surface area contributed by atoms with E-state index in [1.54, 1.807) is 7.05 Å². The van der Waals surface area contributed by atoms with Crippen LogP contribution in [0.15, 0.2) is 29.3 Å². The van der Waals surface area contributed by atoms with E-state index in [9.17, 15) is 4.79 Å². The molecule has 156 valence electrons. The molecule has 7 nitrogen and oxygen atoms in total. The van der Waals surface area contributed by atoms with Crippen LogP contribution in [0.2, 0.25) is 5.02 Å². The molecule has 8 heteroatoms. The van der Waals surface area contributed by atoms with Crippen molar-refractivity contribution >= 4 is 23.5 Å². The lowest BCUT2D eigenvalue weighted by atomic mass is 10.1. The number of guanidine groups is 1. The van der Waals surface area contributed by atoms with Gasteiger partial charge in [-0.25, -0.2) is 0 Å². The first-order chi connectivity index (χ1) is 13.9. The van der Waals surface area contributed by atoms with Gasteiger partial charge in [-0.15, -0.1) is 0 Å². The number of aliphatic imine (C=N–C) groups is 1. The van der Waals surface area contributed by atoms with Crippen LogP contribution in [-0.2, 0) is 24.8 Å². The molecule has 1 aliphatic rings. The monoisotopic (exact) mass is 416 g/mol. The van der Waals surface area contributed by atoms with Gasteiger partial charge in [-0.05, 0) is 43.5 Å². The minimum Gasteiger partial charge on any atom is -0.356 e. The average Bonchev–Trinajstić information content (AvgIpc) is 2.94. The SMILES string of the molecule is CN=C(NCCc1c(C)nn(C)c1C)N1CCN(Cc2ccc(Cl)cc2)C(=O)C1. The molecule has 1 aromatic heterocycles. The van der Waals surface area contributed by atoms with E-state index in [4.69, 9.17) is 11.6 Å². The Hall–Kier alpha value is -2.54. The molecule has 0 unspecified atom stereocenters. The third-order valence-corrected chi connectivity index (χ3v) is 5.69. The highest BCUT2D eigenvalue weighted by Gasteiger charge is 2.26. The number of benzene rings is 1. The summed E-state index contributed by atoms with van der Waals surface area (Å²) in [5.74, 6) is 0.872. The van der Waals surface area contributed by atoms with Gasteiger partial charge in [0.1, 0.15) is 0 Å². The summed E-state index contributed by atoms with van der Waals surface area (Å²) in [6, 6.07) is 7.64. The number of nitrogens with one attached hydrogen (secondary N) is 1. The van der Waals surface area contributed by atoms with E-state index in [0.717, 1.165) is 36.7 Å². The molecule has 1 fully saturated rings. The summed E-state index contributed by atoms with van der Waals surface area (Å²) in [4.78, 5) is 20.9. The predicted molar refractivity (Wildman–Crippen MR) is 116 cm³/mol. The molecule has 1 aliphatic heterocycles. The molecule has 0 aliphatic carbocycles. The molecule has 2 heterocycles. The second-order valence-corrected chi connectivity index (χ2v) is 7.80. The zero-order valence-corrected chi connectivity index (χ0v) is 18.3. The van der Waals surface area contributed by atoms with E-state index >= 15 is 0 Å². The second-order valence-electron chi connectivity index (χ2n) is 7.36. The molecule has 0 bridgehead atoms. The highest BCUT2D eigenvalue weighted by atomic mass is 35.5. The highest BCUT2D eigenvalue weighted by molar-refractivity contribution is 6.30. The molecule has 1 amide bonds. The van der Waals surface area contributed by atoms with Crippen LogP contribution in [0.4, 0.5) is 0 Å². The Labute approximate surface area is 177 Å². The van der Waals surface area contributed by atoms with Gasteiger partial charge in [0.25, 0.3) is 0 Å². The first kappa shape index (κ1) is 21.2. The van der Waals surface area contributed by atoms with E-state index in [-0.39, 0.29) is 5.91 Å². The first-order valence-corrected chi connectivity index (χ1v) is 10.2. The quantitative estimate of drug-likeness (QED) is 0.599. The van der Waals surface area contributed by atoms with E-state index in [1.807, 2.05) is 52.7 Å². The van der Waals surface area contributed by atoms with Crippen LogP contribution in [-0.4, -0.2) is 64.7 Å². The van der Waals surface area contributed by atoms with Crippen LogP contribution >= 0.6 is 11.6 Å². The number of amides is 1. The Morgan fingerprint density at radius 1 is 1.24 bits per heavy atom. The summed E-state index contributed by atoms with van der Waals surface area (Å²) in [6.45, 7) is 7.23. The van der Waals surface area contributed by atoms with Crippen molar-refractivity contribution in [1.82, 2.24) is 24.9 Å². The number of nitrogens with zero attached hydrogens (tertiary/aromatic N) is 5. The number of aryl methyl sites for hydroxylation is 2. The van der Waals surface area contributed by atoms with Gasteiger partial charge in [0.15, 0.2) is 5.96 Å². The van der Waals surface area contributed by atoms with Gasteiger partial charge in [0.2, 0.25) is 5.91 Å². The lowest BCUT2D eigenvalue weighted by Gasteiger charge is -2.36. The molecule has 29 heavy (non-hydrogen) atoms. The summed E-state index contributed by atoms with van der Waals surface area (Å²) in [7, 11) is 3.72. The van der Waals surface area contributed by atoms with Crippen LogP contribution < -0.4 is 5.32 Å². The summed E-state index contributed by atoms with van der Waals surface area (Å²) in [6.07, 6.45) is 0.870. The number of hydrogen-bond acceptors (Lipinski definition) is 3. The van der Waals surface area contributed by atoms with Crippen LogP contribution in [0, 0.1) is 13.8 Å². The molecular formula is C21H29ClN6O. The molecule has 3 rings (SSSR count). The number of hydrogen-bond donors (Lipinski definition) is 1. The molecule has 1 aromatic carbocycles. The zero-order chi connectivity index (χ0) is 21.0. The maximum atomic E-state index is 12.6. The fourth-order valence-electron chi connectivity index (χ4n) is 3.68. The number of halogens is 1. The number of aromatic nitrogens is 2. The van der Waals surface area contributed by atoms with Crippen LogP contribution in [0.1, 0.15) is 22.5 Å². The van der Waals surface area contributed by atoms with Gasteiger partial charge >= 0.3 is 0 Å². The Balaban J connectivity index is 1.52. The minimum absolute atomic E-state index is 0.105. The Morgan fingerprint density at radius 3 is 2.55 bits per heavy atom. The van der Waals surface area contributed by atoms with E-state index in [2.05, 4.69) is 22.3 Å². The molecule has 0 atom stereocenters. The Bertz CT molecular complexity index is 889. The van der Waals surface area contributed by atoms with E-state index in [1.165, 1.54) is 11.3 Å². The normalized spacial score (nSPS) is 15.2. The van der Waals surface area contributed by atoms with Gasteiger partial charge < -0.3 is 15.1 Å². The number of piperazine rings is 1. The van der Waals surface area contributed by atoms with Crippen LogP contribution in [0.25, 0.3) is 0 Å². The van der Waals surface area contributed by atoms with Crippen molar-refractivity contribution in [2.75, 3.05) is 33.2 Å². The van der Waals surface area contributed by atoms with E-state index < -0.39 is 0 Å². The molecule has 1 saturated heterocycles. The maximum Gasteiger partial charge on any atom is 0.242 e. The van der Waals surface area contributed by atoms with E-state index in [0.29, 0.717) is 24.7 Å². The standard InChI is InChI=1S/C21H29ClN6O/c1-15-19(16(2)26(4)25-15)9-10-24-21(23-3)28-12-11-27(20(29)14-28)13-17-5-7-18(22)8-6-17/h5-8H,9-14H2,1-4H3,(H,23,24). The summed E-state index contributed by atoms with van der Waals surface area (Å²) < 4.78 is 1.91. The van der Waals surface area contributed by atoms with Gasteiger partial charge in [0.05, 0.1) is 12.2 Å². The maximum absolute atomic E-state index is 12.6. The number of carbonyl (C=O) groups excluding carboxylic acids is 1. The third-order valence-electron chi connectivity index (χ3n) is 5.43. The van der Waals surface area contributed by atoms with Crippen LogP contribution in [0.3, 0.4) is 0 Å².